The van der Waals surface area contributed by atoms with Crippen molar-refractivity contribution in [3.05, 3.63) is 15.8 Å². The van der Waals surface area contributed by atoms with Crippen LogP contribution in [0.25, 0.3) is 0 Å². The summed E-state index contributed by atoms with van der Waals surface area (Å²) in [6.07, 6.45) is 4.88. The maximum Gasteiger partial charge on any atom is 0.345 e. The molecule has 0 spiro atoms. The highest BCUT2D eigenvalue weighted by Crippen LogP contribution is 2.25. The first kappa shape index (κ1) is 17.5. The highest BCUT2D eigenvalue weighted by molar-refractivity contribution is 7.98. The Bertz CT molecular complexity index is 551. The Kier molecular flexibility index (Phi) is 7.01. The van der Waals surface area contributed by atoms with Gasteiger partial charge in [0.2, 0.25) is 10.0 Å². The van der Waals surface area contributed by atoms with Gasteiger partial charge in [0.05, 0.1) is 4.90 Å². The fraction of sp³-hybridized carbons (Fsp3) is 0.583. The molecule has 1 aromatic rings. The number of aromatic carboxylic acids is 1. The van der Waals surface area contributed by atoms with Crippen LogP contribution >= 0.6 is 23.1 Å². The Balaban J connectivity index is 2.58. The van der Waals surface area contributed by atoms with Gasteiger partial charge in [0, 0.05) is 11.4 Å². The molecule has 0 aliphatic rings. The summed E-state index contributed by atoms with van der Waals surface area (Å²) >= 11 is 2.75. The second kappa shape index (κ2) is 8.02. The van der Waals surface area contributed by atoms with E-state index < -0.39 is 16.0 Å². The van der Waals surface area contributed by atoms with Gasteiger partial charge in [0.25, 0.3) is 0 Å². The first-order chi connectivity index (χ1) is 9.38. The zero-order chi connectivity index (χ0) is 15.2. The summed E-state index contributed by atoms with van der Waals surface area (Å²) in [6, 6.07) is 1.22. The smallest absolute Gasteiger partial charge is 0.345 e. The molecule has 0 bridgehead atoms. The lowest BCUT2D eigenvalue weighted by molar-refractivity contribution is 0.0702. The predicted molar refractivity (Wildman–Crippen MR) is 83.4 cm³/mol. The van der Waals surface area contributed by atoms with Crippen molar-refractivity contribution >= 4 is 39.1 Å². The van der Waals surface area contributed by atoms with Crippen LogP contribution in [0.5, 0.6) is 0 Å². The minimum atomic E-state index is -3.60. The SMILES string of the molecule is CSCCCCCNS(=O)(=O)c1cc(C(=O)O)sc1C. The van der Waals surface area contributed by atoms with E-state index in [0.717, 1.165) is 36.4 Å². The molecule has 1 aromatic heterocycles. The molecule has 0 unspecified atom stereocenters. The average molecular weight is 337 g/mol. The van der Waals surface area contributed by atoms with Crippen LogP contribution in [0.2, 0.25) is 0 Å². The second-order valence-electron chi connectivity index (χ2n) is 4.29. The molecule has 8 heteroatoms. The van der Waals surface area contributed by atoms with Gasteiger partial charge in [0.15, 0.2) is 0 Å². The highest BCUT2D eigenvalue weighted by atomic mass is 32.2. The quantitative estimate of drug-likeness (QED) is 0.677. The Labute approximate surface area is 127 Å². The third-order valence-corrected chi connectivity index (χ3v) is 6.14. The number of hydrogen-bond donors (Lipinski definition) is 2. The number of carboxylic acids is 1. The van der Waals surface area contributed by atoms with Gasteiger partial charge in [-0.1, -0.05) is 6.42 Å². The number of sulfonamides is 1. The lowest BCUT2D eigenvalue weighted by Gasteiger charge is -2.05. The van der Waals surface area contributed by atoms with E-state index in [0.29, 0.717) is 11.4 Å². The van der Waals surface area contributed by atoms with Crippen molar-refractivity contribution < 1.29 is 18.3 Å². The first-order valence-corrected chi connectivity index (χ1v) is 9.90. The number of aryl methyl sites for hydroxylation is 1. The van der Waals surface area contributed by atoms with Gasteiger partial charge < -0.3 is 5.11 Å². The number of carboxylic acid groups (broad SMARTS) is 1. The normalized spacial score (nSPS) is 11.7. The molecule has 0 atom stereocenters. The monoisotopic (exact) mass is 337 g/mol. The van der Waals surface area contributed by atoms with E-state index in [-0.39, 0.29) is 9.77 Å². The highest BCUT2D eigenvalue weighted by Gasteiger charge is 2.21. The molecule has 2 N–H and O–H groups in total. The third-order valence-electron chi connectivity index (χ3n) is 2.69. The number of carbonyl (C=O) groups is 1. The van der Waals surface area contributed by atoms with Crippen LogP contribution in [0.1, 0.15) is 33.8 Å². The zero-order valence-electron chi connectivity index (χ0n) is 11.5. The number of hydrogen-bond acceptors (Lipinski definition) is 5. The summed E-state index contributed by atoms with van der Waals surface area (Å²) in [6.45, 7) is 2.00. The summed E-state index contributed by atoms with van der Waals surface area (Å²) in [5.74, 6) is -0.0186. The Morgan fingerprint density at radius 2 is 2.10 bits per heavy atom. The Morgan fingerprint density at radius 3 is 2.65 bits per heavy atom. The van der Waals surface area contributed by atoms with E-state index in [1.807, 2.05) is 6.26 Å². The van der Waals surface area contributed by atoms with E-state index in [2.05, 4.69) is 4.72 Å². The summed E-state index contributed by atoms with van der Waals surface area (Å²) in [4.78, 5) is 11.5. The number of rotatable bonds is 9. The molecule has 0 amide bonds. The molecular formula is C12H19NO4S3. The van der Waals surface area contributed by atoms with Crippen LogP contribution in [0, 0.1) is 6.92 Å². The number of unbranched alkanes of at least 4 members (excludes halogenated alkanes) is 2. The maximum absolute atomic E-state index is 12.1. The van der Waals surface area contributed by atoms with Gasteiger partial charge in [-0.15, -0.1) is 11.3 Å². The lowest BCUT2D eigenvalue weighted by Crippen LogP contribution is -2.25. The summed E-state index contributed by atoms with van der Waals surface area (Å²) in [5, 5.41) is 8.88. The van der Waals surface area contributed by atoms with Crippen LogP contribution in [0.4, 0.5) is 0 Å². The van der Waals surface area contributed by atoms with Gasteiger partial charge in [-0.2, -0.15) is 11.8 Å². The second-order valence-corrected chi connectivity index (χ2v) is 8.26. The van der Waals surface area contributed by atoms with Crippen LogP contribution in [-0.2, 0) is 10.0 Å². The maximum atomic E-state index is 12.1. The van der Waals surface area contributed by atoms with Crippen molar-refractivity contribution in [3.63, 3.8) is 0 Å². The molecule has 0 aliphatic carbocycles. The van der Waals surface area contributed by atoms with Gasteiger partial charge in [0.1, 0.15) is 4.88 Å². The predicted octanol–water partition coefficient (Wildman–Crippen LogP) is 2.57. The molecule has 0 aromatic carbocycles. The van der Waals surface area contributed by atoms with E-state index in [1.54, 1.807) is 18.7 Å². The molecule has 1 rings (SSSR count). The molecule has 1 heterocycles. The standard InChI is InChI=1S/C12H19NO4S3/c1-9-11(8-10(19-9)12(14)15)20(16,17)13-6-4-3-5-7-18-2/h8,13H,3-7H2,1-2H3,(H,14,15). The summed E-state index contributed by atoms with van der Waals surface area (Å²) in [5.41, 5.74) is 0. The molecular weight excluding hydrogens is 318 g/mol. The topological polar surface area (TPSA) is 83.5 Å². The van der Waals surface area contributed by atoms with E-state index in [9.17, 15) is 13.2 Å². The van der Waals surface area contributed by atoms with Crippen LogP contribution in [0.3, 0.4) is 0 Å². The van der Waals surface area contributed by atoms with Crippen LogP contribution < -0.4 is 4.72 Å². The van der Waals surface area contributed by atoms with Crippen molar-refractivity contribution in [2.75, 3.05) is 18.6 Å². The molecule has 5 nitrogen and oxygen atoms in total. The average Bonchev–Trinajstić information content (AvgIpc) is 2.77. The molecule has 0 saturated carbocycles. The molecule has 0 fully saturated rings. The van der Waals surface area contributed by atoms with E-state index >= 15 is 0 Å². The number of thiophene rings is 1. The molecule has 114 valence electrons. The summed E-state index contributed by atoms with van der Waals surface area (Å²) in [7, 11) is -3.60. The van der Waals surface area contributed by atoms with Crippen molar-refractivity contribution in [1.29, 1.82) is 0 Å². The minimum absolute atomic E-state index is 0.0443. The van der Waals surface area contributed by atoms with Crippen LogP contribution in [-0.4, -0.2) is 38.0 Å². The molecule has 0 saturated heterocycles. The number of thioether (sulfide) groups is 1. The third kappa shape index (κ3) is 5.08. The van der Waals surface area contributed by atoms with Crippen molar-refractivity contribution in [2.24, 2.45) is 0 Å². The van der Waals surface area contributed by atoms with Crippen molar-refractivity contribution in [3.8, 4) is 0 Å². The zero-order valence-corrected chi connectivity index (χ0v) is 14.0. The molecule has 0 aliphatic heterocycles. The molecule has 20 heavy (non-hydrogen) atoms. The lowest BCUT2D eigenvalue weighted by atomic mass is 10.2. The van der Waals surface area contributed by atoms with Gasteiger partial charge in [-0.25, -0.2) is 17.9 Å². The minimum Gasteiger partial charge on any atom is -0.477 e. The van der Waals surface area contributed by atoms with Gasteiger partial charge >= 0.3 is 5.97 Å². The van der Waals surface area contributed by atoms with E-state index in [1.165, 1.54) is 6.07 Å². The van der Waals surface area contributed by atoms with Crippen molar-refractivity contribution in [1.82, 2.24) is 4.72 Å². The van der Waals surface area contributed by atoms with Gasteiger partial charge in [-0.05, 0) is 37.8 Å². The van der Waals surface area contributed by atoms with Crippen molar-refractivity contribution in [2.45, 2.75) is 31.1 Å². The largest absolute Gasteiger partial charge is 0.477 e. The van der Waals surface area contributed by atoms with Crippen LogP contribution in [0.15, 0.2) is 11.0 Å². The van der Waals surface area contributed by atoms with E-state index in [4.69, 9.17) is 5.11 Å². The number of nitrogens with one attached hydrogen (secondary N) is 1. The van der Waals surface area contributed by atoms with Gasteiger partial charge in [-0.3, -0.25) is 0 Å². The Morgan fingerprint density at radius 1 is 1.40 bits per heavy atom. The summed E-state index contributed by atoms with van der Waals surface area (Å²) < 4.78 is 26.7. The Hall–Kier alpha value is -0.570. The fourth-order valence-electron chi connectivity index (χ4n) is 1.67. The molecule has 0 radical (unpaired) electrons. The fourth-order valence-corrected chi connectivity index (χ4v) is 4.67. The first-order valence-electron chi connectivity index (χ1n) is 6.21.